The number of esters is 1. The summed E-state index contributed by atoms with van der Waals surface area (Å²) in [6.45, 7) is 3.74. The summed E-state index contributed by atoms with van der Waals surface area (Å²) in [4.78, 5) is 24.3. The lowest BCUT2D eigenvalue weighted by atomic mass is 10.1. The SMILES string of the molecule is CCOC(=O)c1c(C)n(C)c2ccc(OCC(=O)N/N=C/c3ccccc3)cc12. The molecular formula is C22H23N3O4. The van der Waals surface area contributed by atoms with Gasteiger partial charge in [-0.05, 0) is 37.6 Å². The van der Waals surface area contributed by atoms with Crippen LogP contribution in [0.25, 0.3) is 10.9 Å². The maximum Gasteiger partial charge on any atom is 0.340 e. The van der Waals surface area contributed by atoms with E-state index >= 15 is 0 Å². The number of hydrogen-bond donors (Lipinski definition) is 1. The number of ether oxygens (including phenoxy) is 2. The van der Waals surface area contributed by atoms with Gasteiger partial charge in [0.05, 0.1) is 18.4 Å². The van der Waals surface area contributed by atoms with Crippen LogP contribution in [0.15, 0.2) is 53.6 Å². The Hall–Kier alpha value is -3.61. The van der Waals surface area contributed by atoms with Crippen molar-refractivity contribution in [1.82, 2.24) is 9.99 Å². The highest BCUT2D eigenvalue weighted by Gasteiger charge is 2.20. The number of hydrogen-bond acceptors (Lipinski definition) is 5. The number of amides is 1. The van der Waals surface area contributed by atoms with E-state index in [9.17, 15) is 9.59 Å². The summed E-state index contributed by atoms with van der Waals surface area (Å²) in [5.74, 6) is -0.274. The molecule has 3 rings (SSSR count). The molecule has 0 radical (unpaired) electrons. The van der Waals surface area contributed by atoms with Gasteiger partial charge in [0, 0.05) is 23.6 Å². The molecule has 0 aliphatic rings. The number of hydrazone groups is 1. The number of nitrogens with one attached hydrogen (secondary N) is 1. The Balaban J connectivity index is 1.69. The van der Waals surface area contributed by atoms with Crippen LogP contribution in [0.2, 0.25) is 0 Å². The van der Waals surface area contributed by atoms with Crippen LogP contribution in [0.3, 0.4) is 0 Å². The third-order valence-electron chi connectivity index (χ3n) is 4.52. The monoisotopic (exact) mass is 393 g/mol. The highest BCUT2D eigenvalue weighted by atomic mass is 16.5. The van der Waals surface area contributed by atoms with Crippen LogP contribution in [0.5, 0.6) is 5.75 Å². The summed E-state index contributed by atoms with van der Waals surface area (Å²) in [5.41, 5.74) is 5.50. The molecule has 7 nitrogen and oxygen atoms in total. The first-order chi connectivity index (χ1) is 14.0. The summed E-state index contributed by atoms with van der Waals surface area (Å²) in [6.07, 6.45) is 1.56. The maximum absolute atomic E-state index is 12.3. The molecule has 7 heteroatoms. The topological polar surface area (TPSA) is 81.9 Å². The number of aromatic nitrogens is 1. The molecule has 150 valence electrons. The number of benzene rings is 2. The number of aryl methyl sites for hydroxylation is 1. The van der Waals surface area contributed by atoms with Gasteiger partial charge in [-0.2, -0.15) is 5.10 Å². The van der Waals surface area contributed by atoms with Crippen molar-refractivity contribution in [2.45, 2.75) is 13.8 Å². The Kier molecular flexibility index (Phi) is 6.29. The molecule has 2 aromatic carbocycles. The van der Waals surface area contributed by atoms with E-state index in [0.717, 1.165) is 22.2 Å². The molecule has 0 unspecified atom stereocenters. The van der Waals surface area contributed by atoms with Crippen LogP contribution in [-0.2, 0) is 16.6 Å². The second kappa shape index (κ2) is 9.05. The lowest BCUT2D eigenvalue weighted by Crippen LogP contribution is -2.24. The highest BCUT2D eigenvalue weighted by molar-refractivity contribution is 6.06. The molecular weight excluding hydrogens is 370 g/mol. The van der Waals surface area contributed by atoms with Crippen molar-refractivity contribution >= 4 is 29.0 Å². The van der Waals surface area contributed by atoms with Crippen LogP contribution in [-0.4, -0.2) is 35.9 Å². The van der Waals surface area contributed by atoms with E-state index in [1.165, 1.54) is 0 Å². The van der Waals surface area contributed by atoms with Gasteiger partial charge in [-0.3, -0.25) is 4.79 Å². The van der Waals surface area contributed by atoms with E-state index in [0.29, 0.717) is 17.9 Å². The van der Waals surface area contributed by atoms with Crippen molar-refractivity contribution in [2.24, 2.45) is 12.1 Å². The van der Waals surface area contributed by atoms with Gasteiger partial charge in [0.1, 0.15) is 5.75 Å². The summed E-state index contributed by atoms with van der Waals surface area (Å²) < 4.78 is 12.7. The molecule has 1 heterocycles. The highest BCUT2D eigenvalue weighted by Crippen LogP contribution is 2.29. The minimum atomic E-state index is -0.382. The third kappa shape index (κ3) is 4.63. The lowest BCUT2D eigenvalue weighted by Gasteiger charge is -2.06. The van der Waals surface area contributed by atoms with Crippen LogP contribution in [0.4, 0.5) is 0 Å². The van der Waals surface area contributed by atoms with Gasteiger partial charge in [-0.15, -0.1) is 0 Å². The lowest BCUT2D eigenvalue weighted by molar-refractivity contribution is -0.123. The maximum atomic E-state index is 12.3. The van der Waals surface area contributed by atoms with Crippen molar-refractivity contribution < 1.29 is 19.1 Å². The molecule has 0 saturated carbocycles. The van der Waals surface area contributed by atoms with Crippen molar-refractivity contribution in [3.63, 3.8) is 0 Å². The Labute approximate surface area is 168 Å². The summed E-state index contributed by atoms with van der Waals surface area (Å²) in [7, 11) is 1.89. The van der Waals surface area contributed by atoms with E-state index < -0.39 is 0 Å². The zero-order chi connectivity index (χ0) is 20.8. The third-order valence-corrected chi connectivity index (χ3v) is 4.52. The molecule has 0 spiro atoms. The summed E-state index contributed by atoms with van der Waals surface area (Å²) >= 11 is 0. The first-order valence-corrected chi connectivity index (χ1v) is 9.27. The minimum absolute atomic E-state index is 0.196. The standard InChI is InChI=1S/C22H23N3O4/c1-4-28-22(27)21-15(2)25(3)19-11-10-17(12-18(19)21)29-14-20(26)24-23-13-16-8-6-5-7-9-16/h5-13H,4,14H2,1-3H3,(H,24,26)/b23-13+. The molecule has 0 bridgehead atoms. The van der Waals surface area contributed by atoms with Gasteiger partial charge in [0.2, 0.25) is 0 Å². The number of carbonyl (C=O) groups excluding carboxylic acids is 2. The number of nitrogens with zero attached hydrogens (tertiary/aromatic N) is 2. The van der Waals surface area contributed by atoms with Crippen molar-refractivity contribution in [3.05, 3.63) is 65.4 Å². The van der Waals surface area contributed by atoms with Gasteiger partial charge in [0.15, 0.2) is 6.61 Å². The predicted octanol–water partition coefficient (Wildman–Crippen LogP) is 3.19. The number of rotatable bonds is 7. The fraction of sp³-hybridized carbons (Fsp3) is 0.227. The molecule has 0 saturated heterocycles. The average molecular weight is 393 g/mol. The predicted molar refractivity (Wildman–Crippen MR) is 111 cm³/mol. The summed E-state index contributed by atoms with van der Waals surface area (Å²) in [5, 5.41) is 4.63. The number of fused-ring (bicyclic) bond motifs is 1. The Morgan fingerprint density at radius 1 is 1.17 bits per heavy atom. The molecule has 0 aliphatic heterocycles. The Bertz CT molecular complexity index is 1050. The quantitative estimate of drug-likeness (QED) is 0.380. The molecule has 1 aromatic heterocycles. The van der Waals surface area contributed by atoms with Gasteiger partial charge in [-0.1, -0.05) is 30.3 Å². The molecule has 0 atom stereocenters. The normalized spacial score (nSPS) is 11.0. The minimum Gasteiger partial charge on any atom is -0.484 e. The van der Waals surface area contributed by atoms with Crippen molar-refractivity contribution in [1.29, 1.82) is 0 Å². The van der Waals surface area contributed by atoms with Gasteiger partial charge < -0.3 is 14.0 Å². The zero-order valence-electron chi connectivity index (χ0n) is 16.6. The van der Waals surface area contributed by atoms with E-state index in [2.05, 4.69) is 10.5 Å². The first-order valence-electron chi connectivity index (χ1n) is 9.27. The zero-order valence-corrected chi connectivity index (χ0v) is 16.6. The van der Waals surface area contributed by atoms with E-state index in [4.69, 9.17) is 9.47 Å². The first kappa shape index (κ1) is 20.1. The number of carbonyl (C=O) groups is 2. The molecule has 29 heavy (non-hydrogen) atoms. The molecule has 1 N–H and O–H groups in total. The summed E-state index contributed by atoms with van der Waals surface area (Å²) in [6, 6.07) is 14.8. The van der Waals surface area contributed by atoms with Crippen LogP contribution in [0.1, 0.15) is 28.5 Å². The fourth-order valence-electron chi connectivity index (χ4n) is 3.00. The van der Waals surface area contributed by atoms with Gasteiger partial charge >= 0.3 is 5.97 Å². The molecule has 0 aliphatic carbocycles. The Morgan fingerprint density at radius 2 is 1.93 bits per heavy atom. The van der Waals surface area contributed by atoms with Gasteiger partial charge in [0.25, 0.3) is 5.91 Å². The fourth-order valence-corrected chi connectivity index (χ4v) is 3.00. The second-order valence-electron chi connectivity index (χ2n) is 6.41. The van der Waals surface area contributed by atoms with Crippen molar-refractivity contribution in [2.75, 3.05) is 13.2 Å². The van der Waals surface area contributed by atoms with Crippen LogP contribution < -0.4 is 10.2 Å². The van der Waals surface area contributed by atoms with Crippen molar-refractivity contribution in [3.8, 4) is 5.75 Å². The molecule has 3 aromatic rings. The largest absolute Gasteiger partial charge is 0.484 e. The average Bonchev–Trinajstić information content (AvgIpc) is 2.97. The smallest absolute Gasteiger partial charge is 0.340 e. The van der Waals surface area contributed by atoms with E-state index in [1.807, 2.05) is 54.9 Å². The van der Waals surface area contributed by atoms with E-state index in [1.54, 1.807) is 25.3 Å². The molecule has 1 amide bonds. The van der Waals surface area contributed by atoms with Crippen LogP contribution in [0, 0.1) is 6.92 Å². The van der Waals surface area contributed by atoms with Crippen LogP contribution >= 0.6 is 0 Å². The molecule has 0 fully saturated rings. The Morgan fingerprint density at radius 3 is 2.66 bits per heavy atom. The second-order valence-corrected chi connectivity index (χ2v) is 6.41. The van der Waals surface area contributed by atoms with Gasteiger partial charge in [-0.25, -0.2) is 10.2 Å². The van der Waals surface area contributed by atoms with E-state index in [-0.39, 0.29) is 18.5 Å².